The molecule has 2 aromatic rings. The van der Waals surface area contributed by atoms with Crippen molar-refractivity contribution < 1.29 is 9.13 Å². The number of aryl methyl sites for hydroxylation is 2. The molecule has 0 radical (unpaired) electrons. The molecule has 1 aromatic carbocycles. The molecule has 0 N–H and O–H groups in total. The minimum Gasteiger partial charge on any atom is -0.488 e. The van der Waals surface area contributed by atoms with E-state index in [1.54, 1.807) is 6.20 Å². The first kappa shape index (κ1) is 13.8. The van der Waals surface area contributed by atoms with E-state index in [1.807, 2.05) is 26.0 Å². The van der Waals surface area contributed by atoms with Gasteiger partial charge in [-0.25, -0.2) is 4.39 Å². The van der Waals surface area contributed by atoms with E-state index in [0.29, 0.717) is 18.1 Å². The van der Waals surface area contributed by atoms with Crippen LogP contribution in [0, 0.1) is 19.7 Å². The van der Waals surface area contributed by atoms with Gasteiger partial charge in [0, 0.05) is 17.6 Å². The van der Waals surface area contributed by atoms with E-state index in [0.717, 1.165) is 22.4 Å². The fraction of sp³-hybridized carbons (Fsp3) is 0.267. The Balaban J connectivity index is 2.16. The molecule has 0 amide bonds. The summed E-state index contributed by atoms with van der Waals surface area (Å²) in [6.07, 6.45) is 2.77. The maximum absolute atomic E-state index is 13.0. The first-order valence-corrected chi connectivity index (χ1v) is 6.52. The SMILES string of the molecule is Cc1cc(CCl)cc(C)c1OCc1cncc(F)c1. The maximum Gasteiger partial charge on any atom is 0.141 e. The lowest BCUT2D eigenvalue weighted by Gasteiger charge is -2.13. The standard InChI is InChI=1S/C15H15ClFNO/c1-10-3-12(6-16)4-11(2)15(10)19-9-13-5-14(17)8-18-7-13/h3-5,7-8H,6,9H2,1-2H3. The summed E-state index contributed by atoms with van der Waals surface area (Å²) in [5, 5.41) is 0. The summed E-state index contributed by atoms with van der Waals surface area (Å²) in [6, 6.07) is 5.42. The van der Waals surface area contributed by atoms with Crippen LogP contribution in [0.3, 0.4) is 0 Å². The van der Waals surface area contributed by atoms with Crippen molar-refractivity contribution in [2.75, 3.05) is 0 Å². The van der Waals surface area contributed by atoms with Gasteiger partial charge in [-0.2, -0.15) is 0 Å². The topological polar surface area (TPSA) is 22.1 Å². The third-order valence-electron chi connectivity index (χ3n) is 2.82. The Bertz CT molecular complexity index is 563. The third-order valence-corrected chi connectivity index (χ3v) is 3.13. The van der Waals surface area contributed by atoms with Crippen molar-refractivity contribution in [1.29, 1.82) is 0 Å². The number of halogens is 2. The van der Waals surface area contributed by atoms with Crippen molar-refractivity contribution in [3.8, 4) is 5.75 Å². The van der Waals surface area contributed by atoms with E-state index in [4.69, 9.17) is 16.3 Å². The lowest BCUT2D eigenvalue weighted by atomic mass is 10.1. The Morgan fingerprint density at radius 2 is 1.79 bits per heavy atom. The zero-order chi connectivity index (χ0) is 13.8. The molecular weight excluding hydrogens is 265 g/mol. The molecule has 0 saturated heterocycles. The summed E-state index contributed by atoms with van der Waals surface area (Å²) in [7, 11) is 0. The van der Waals surface area contributed by atoms with Gasteiger partial charge in [-0.1, -0.05) is 12.1 Å². The molecule has 4 heteroatoms. The monoisotopic (exact) mass is 279 g/mol. The quantitative estimate of drug-likeness (QED) is 0.784. The van der Waals surface area contributed by atoms with Gasteiger partial charge in [-0.05, 0) is 36.6 Å². The largest absolute Gasteiger partial charge is 0.488 e. The molecule has 0 unspecified atom stereocenters. The fourth-order valence-corrected chi connectivity index (χ4v) is 2.19. The van der Waals surface area contributed by atoms with Crippen LogP contribution in [0.4, 0.5) is 4.39 Å². The minimum absolute atomic E-state index is 0.298. The summed E-state index contributed by atoms with van der Waals surface area (Å²) in [5.74, 6) is 0.945. The van der Waals surface area contributed by atoms with E-state index >= 15 is 0 Å². The Labute approximate surface area is 117 Å². The summed E-state index contributed by atoms with van der Waals surface area (Å²) in [4.78, 5) is 3.80. The molecule has 2 rings (SSSR count). The molecule has 0 fully saturated rings. The molecule has 0 spiro atoms. The second-order valence-electron chi connectivity index (χ2n) is 4.49. The molecule has 1 aromatic heterocycles. The molecule has 0 bridgehead atoms. The van der Waals surface area contributed by atoms with Crippen molar-refractivity contribution in [3.63, 3.8) is 0 Å². The fourth-order valence-electron chi connectivity index (χ4n) is 2.04. The van der Waals surface area contributed by atoms with Crippen molar-refractivity contribution in [2.24, 2.45) is 0 Å². The normalized spacial score (nSPS) is 10.5. The summed E-state index contributed by atoms with van der Waals surface area (Å²) in [6.45, 7) is 4.25. The number of ether oxygens (including phenoxy) is 1. The van der Waals surface area contributed by atoms with E-state index < -0.39 is 0 Å². The summed E-state index contributed by atoms with van der Waals surface area (Å²) < 4.78 is 18.8. The number of aromatic nitrogens is 1. The van der Waals surface area contributed by atoms with Gasteiger partial charge in [-0.3, -0.25) is 4.98 Å². The van der Waals surface area contributed by atoms with Crippen LogP contribution in [0.15, 0.2) is 30.6 Å². The minimum atomic E-state index is -0.355. The van der Waals surface area contributed by atoms with Crippen molar-refractivity contribution >= 4 is 11.6 Å². The van der Waals surface area contributed by atoms with Crippen LogP contribution < -0.4 is 4.74 Å². The van der Waals surface area contributed by atoms with Gasteiger partial charge in [0.05, 0.1) is 6.20 Å². The van der Waals surface area contributed by atoms with Crippen LogP contribution in [-0.2, 0) is 12.5 Å². The molecule has 0 atom stereocenters. The summed E-state index contributed by atoms with van der Waals surface area (Å²) >= 11 is 5.82. The molecule has 0 saturated carbocycles. The highest BCUT2D eigenvalue weighted by Gasteiger charge is 2.07. The Kier molecular flexibility index (Phi) is 4.38. The number of hydrogen-bond acceptors (Lipinski definition) is 2. The van der Waals surface area contributed by atoms with Gasteiger partial charge < -0.3 is 4.74 Å². The maximum atomic E-state index is 13.0. The molecule has 1 heterocycles. The van der Waals surface area contributed by atoms with Gasteiger partial charge >= 0.3 is 0 Å². The van der Waals surface area contributed by atoms with Crippen LogP contribution in [0.2, 0.25) is 0 Å². The predicted octanol–water partition coefficient (Wildman–Crippen LogP) is 4.16. The Morgan fingerprint density at radius 3 is 2.37 bits per heavy atom. The molecule has 0 aliphatic heterocycles. The lowest BCUT2D eigenvalue weighted by Crippen LogP contribution is -2.00. The number of alkyl halides is 1. The Hall–Kier alpha value is -1.61. The van der Waals surface area contributed by atoms with Crippen molar-refractivity contribution in [3.05, 3.63) is 58.7 Å². The van der Waals surface area contributed by atoms with E-state index in [1.165, 1.54) is 12.3 Å². The number of benzene rings is 1. The third kappa shape index (κ3) is 3.44. The van der Waals surface area contributed by atoms with Crippen LogP contribution in [0.1, 0.15) is 22.3 Å². The zero-order valence-electron chi connectivity index (χ0n) is 10.9. The van der Waals surface area contributed by atoms with Crippen LogP contribution >= 0.6 is 11.6 Å². The molecule has 19 heavy (non-hydrogen) atoms. The van der Waals surface area contributed by atoms with E-state index in [2.05, 4.69) is 4.98 Å². The molecule has 0 aliphatic carbocycles. The highest BCUT2D eigenvalue weighted by molar-refractivity contribution is 6.17. The van der Waals surface area contributed by atoms with Gasteiger partial charge in [0.15, 0.2) is 0 Å². The number of hydrogen-bond donors (Lipinski definition) is 0. The highest BCUT2D eigenvalue weighted by Crippen LogP contribution is 2.26. The Morgan fingerprint density at radius 1 is 1.11 bits per heavy atom. The first-order chi connectivity index (χ1) is 9.10. The second-order valence-corrected chi connectivity index (χ2v) is 4.76. The molecular formula is C15H15ClFNO. The number of pyridine rings is 1. The molecule has 0 aliphatic rings. The van der Waals surface area contributed by atoms with Gasteiger partial charge in [0.25, 0.3) is 0 Å². The average Bonchev–Trinajstić information content (AvgIpc) is 2.37. The van der Waals surface area contributed by atoms with Gasteiger partial charge in [0.1, 0.15) is 18.2 Å². The lowest BCUT2D eigenvalue weighted by molar-refractivity contribution is 0.300. The summed E-state index contributed by atoms with van der Waals surface area (Å²) in [5.41, 5.74) is 3.83. The van der Waals surface area contributed by atoms with Crippen LogP contribution in [-0.4, -0.2) is 4.98 Å². The number of rotatable bonds is 4. The average molecular weight is 280 g/mol. The molecule has 2 nitrogen and oxygen atoms in total. The van der Waals surface area contributed by atoms with E-state index in [9.17, 15) is 4.39 Å². The van der Waals surface area contributed by atoms with Crippen LogP contribution in [0.5, 0.6) is 5.75 Å². The van der Waals surface area contributed by atoms with E-state index in [-0.39, 0.29) is 5.82 Å². The van der Waals surface area contributed by atoms with Crippen molar-refractivity contribution in [1.82, 2.24) is 4.98 Å². The number of nitrogens with zero attached hydrogens (tertiary/aromatic N) is 1. The van der Waals surface area contributed by atoms with Gasteiger partial charge in [0.2, 0.25) is 0 Å². The first-order valence-electron chi connectivity index (χ1n) is 5.98. The smallest absolute Gasteiger partial charge is 0.141 e. The van der Waals surface area contributed by atoms with Gasteiger partial charge in [-0.15, -0.1) is 11.6 Å². The van der Waals surface area contributed by atoms with Crippen molar-refractivity contribution in [2.45, 2.75) is 26.3 Å². The zero-order valence-corrected chi connectivity index (χ0v) is 11.7. The molecule has 100 valence electrons. The van der Waals surface area contributed by atoms with Crippen LogP contribution in [0.25, 0.3) is 0 Å². The predicted molar refractivity (Wildman–Crippen MR) is 74.0 cm³/mol. The second kappa shape index (κ2) is 6.02. The highest BCUT2D eigenvalue weighted by atomic mass is 35.5.